The van der Waals surface area contributed by atoms with Crippen LogP contribution in [0.1, 0.15) is 30.0 Å². The molecule has 0 saturated carbocycles. The Hall–Kier alpha value is -2.31. The third-order valence-corrected chi connectivity index (χ3v) is 2.40. The Morgan fingerprint density at radius 3 is 2.68 bits per heavy atom. The summed E-state index contributed by atoms with van der Waals surface area (Å²) in [5.74, 6) is 6.57. The van der Waals surface area contributed by atoms with Crippen LogP contribution in [0.5, 0.6) is 0 Å². The zero-order valence-electron chi connectivity index (χ0n) is 10.8. The van der Waals surface area contributed by atoms with Crippen molar-refractivity contribution in [2.24, 2.45) is 0 Å². The first kappa shape index (κ1) is 13.1. The van der Waals surface area contributed by atoms with Gasteiger partial charge in [-0.1, -0.05) is 24.0 Å². The van der Waals surface area contributed by atoms with E-state index in [4.69, 9.17) is 4.42 Å². The average molecular weight is 254 g/mol. The summed E-state index contributed by atoms with van der Waals surface area (Å²) < 4.78 is 5.35. The van der Waals surface area contributed by atoms with E-state index in [-0.39, 0.29) is 0 Å². The second-order valence-electron chi connectivity index (χ2n) is 4.71. The smallest absolute Gasteiger partial charge is 0.185 e. The predicted molar refractivity (Wildman–Crippen MR) is 72.7 cm³/mol. The van der Waals surface area contributed by atoms with E-state index >= 15 is 0 Å². The number of rotatable bonds is 2. The summed E-state index contributed by atoms with van der Waals surface area (Å²) in [5.41, 5.74) is 0.602. The molecule has 0 saturated heterocycles. The molecule has 0 aliphatic rings. The number of aliphatic hydroxyl groups is 1. The minimum Gasteiger partial charge on any atom is -0.453 e. The lowest BCUT2D eigenvalue weighted by molar-refractivity contribution is 0.110. The van der Waals surface area contributed by atoms with Crippen molar-refractivity contribution in [3.05, 3.63) is 47.7 Å². The Balaban J connectivity index is 2.33. The molecule has 0 fully saturated rings. The van der Waals surface area contributed by atoms with Gasteiger partial charge in [-0.05, 0) is 38.1 Å². The van der Waals surface area contributed by atoms with E-state index in [2.05, 4.69) is 11.8 Å². The van der Waals surface area contributed by atoms with E-state index in [1.807, 2.05) is 24.3 Å². The fourth-order valence-electron chi connectivity index (χ4n) is 1.55. The van der Waals surface area contributed by atoms with Gasteiger partial charge in [-0.2, -0.15) is 0 Å². The fraction of sp³-hybridized carbons (Fsp3) is 0.188. The lowest BCUT2D eigenvalue weighted by atomic mass is 10.1. The molecule has 2 aromatic rings. The summed E-state index contributed by atoms with van der Waals surface area (Å²) in [6.07, 6.45) is 0.668. The zero-order valence-corrected chi connectivity index (χ0v) is 10.8. The van der Waals surface area contributed by atoms with Gasteiger partial charge in [0.2, 0.25) is 0 Å². The fourth-order valence-corrected chi connectivity index (χ4v) is 1.55. The molecule has 3 nitrogen and oxygen atoms in total. The van der Waals surface area contributed by atoms with Crippen LogP contribution in [-0.4, -0.2) is 17.0 Å². The van der Waals surface area contributed by atoms with Gasteiger partial charge in [0.25, 0.3) is 0 Å². The summed E-state index contributed by atoms with van der Waals surface area (Å²) in [4.78, 5) is 10.6. The number of carbonyl (C=O) groups is 1. The Bertz CT molecular complexity index is 648. The van der Waals surface area contributed by atoms with Crippen molar-refractivity contribution in [3.8, 4) is 23.2 Å². The number of furan rings is 1. The Labute approximate surface area is 111 Å². The lowest BCUT2D eigenvalue weighted by Crippen LogP contribution is -2.14. The van der Waals surface area contributed by atoms with E-state index in [1.165, 1.54) is 0 Å². The average Bonchev–Trinajstić information content (AvgIpc) is 2.85. The van der Waals surface area contributed by atoms with Gasteiger partial charge in [0.15, 0.2) is 12.0 Å². The summed E-state index contributed by atoms with van der Waals surface area (Å²) in [6, 6.07) is 10.8. The van der Waals surface area contributed by atoms with Crippen molar-refractivity contribution in [1.29, 1.82) is 0 Å². The Morgan fingerprint density at radius 2 is 2.05 bits per heavy atom. The van der Waals surface area contributed by atoms with Gasteiger partial charge >= 0.3 is 0 Å². The molecule has 0 unspecified atom stereocenters. The van der Waals surface area contributed by atoms with E-state index in [9.17, 15) is 9.90 Å². The monoisotopic (exact) mass is 254 g/mol. The van der Waals surface area contributed by atoms with Gasteiger partial charge < -0.3 is 9.52 Å². The summed E-state index contributed by atoms with van der Waals surface area (Å²) in [7, 11) is 0. The van der Waals surface area contributed by atoms with Crippen LogP contribution in [0.4, 0.5) is 0 Å². The van der Waals surface area contributed by atoms with Crippen molar-refractivity contribution in [2.75, 3.05) is 0 Å². The predicted octanol–water partition coefficient (Wildman–Crippen LogP) is 2.88. The first-order valence-electron chi connectivity index (χ1n) is 5.89. The van der Waals surface area contributed by atoms with Crippen molar-refractivity contribution in [1.82, 2.24) is 0 Å². The number of aldehydes is 1. The molecule has 3 heteroatoms. The first-order valence-corrected chi connectivity index (χ1v) is 5.89. The van der Waals surface area contributed by atoms with Gasteiger partial charge in [-0.3, -0.25) is 4.79 Å². The van der Waals surface area contributed by atoms with E-state index in [0.29, 0.717) is 17.8 Å². The maximum Gasteiger partial charge on any atom is 0.185 e. The van der Waals surface area contributed by atoms with E-state index in [0.717, 1.165) is 11.1 Å². The standard InChI is InChI=1S/C16H14O3/c1-16(2,18)9-8-12-4-3-5-13(10-12)15-7-6-14(11-17)19-15/h3-7,10-11,18H,1-2H3. The van der Waals surface area contributed by atoms with Gasteiger partial charge in [0, 0.05) is 11.1 Å². The maximum absolute atomic E-state index is 10.6. The molecule has 1 heterocycles. The minimum atomic E-state index is -1.02. The third kappa shape index (κ3) is 3.57. The molecule has 1 aromatic carbocycles. The minimum absolute atomic E-state index is 0.294. The van der Waals surface area contributed by atoms with Crippen molar-refractivity contribution in [3.63, 3.8) is 0 Å². The topological polar surface area (TPSA) is 50.4 Å². The molecule has 19 heavy (non-hydrogen) atoms. The van der Waals surface area contributed by atoms with Crippen molar-refractivity contribution >= 4 is 6.29 Å². The van der Waals surface area contributed by atoms with Gasteiger partial charge in [0.1, 0.15) is 11.4 Å². The molecule has 96 valence electrons. The molecule has 0 atom stereocenters. The summed E-state index contributed by atoms with van der Waals surface area (Å²) >= 11 is 0. The summed E-state index contributed by atoms with van der Waals surface area (Å²) in [5, 5.41) is 9.57. The molecular formula is C16H14O3. The third-order valence-electron chi connectivity index (χ3n) is 2.40. The van der Waals surface area contributed by atoms with Gasteiger partial charge in [-0.25, -0.2) is 0 Å². The zero-order chi connectivity index (χ0) is 13.9. The molecule has 0 spiro atoms. The first-order chi connectivity index (χ1) is 8.98. The quantitative estimate of drug-likeness (QED) is 0.662. The van der Waals surface area contributed by atoms with Crippen LogP contribution in [0.2, 0.25) is 0 Å². The van der Waals surface area contributed by atoms with Gasteiger partial charge in [-0.15, -0.1) is 0 Å². The SMILES string of the molecule is CC(C)(O)C#Cc1cccc(-c2ccc(C=O)o2)c1. The van der Waals surface area contributed by atoms with Crippen molar-refractivity contribution < 1.29 is 14.3 Å². The second-order valence-corrected chi connectivity index (χ2v) is 4.71. The number of carbonyl (C=O) groups excluding carboxylic acids is 1. The van der Waals surface area contributed by atoms with Crippen LogP contribution >= 0.6 is 0 Å². The van der Waals surface area contributed by atoms with Crippen LogP contribution in [0.25, 0.3) is 11.3 Å². The van der Waals surface area contributed by atoms with Crippen LogP contribution in [0.15, 0.2) is 40.8 Å². The van der Waals surface area contributed by atoms with Crippen molar-refractivity contribution in [2.45, 2.75) is 19.4 Å². The molecule has 0 aliphatic heterocycles. The van der Waals surface area contributed by atoms with Crippen LogP contribution in [-0.2, 0) is 0 Å². The van der Waals surface area contributed by atoms with Gasteiger partial charge in [0.05, 0.1) is 0 Å². The molecule has 0 radical (unpaired) electrons. The second kappa shape index (κ2) is 5.13. The number of hydrogen-bond acceptors (Lipinski definition) is 3. The highest BCUT2D eigenvalue weighted by Gasteiger charge is 2.07. The molecule has 0 aliphatic carbocycles. The van der Waals surface area contributed by atoms with E-state index < -0.39 is 5.60 Å². The van der Waals surface area contributed by atoms with Crippen LogP contribution < -0.4 is 0 Å². The highest BCUT2D eigenvalue weighted by atomic mass is 16.3. The Morgan fingerprint density at radius 1 is 1.26 bits per heavy atom. The number of hydrogen-bond donors (Lipinski definition) is 1. The van der Waals surface area contributed by atoms with E-state index in [1.54, 1.807) is 26.0 Å². The highest BCUT2D eigenvalue weighted by Crippen LogP contribution is 2.22. The van der Waals surface area contributed by atoms with Crippen LogP contribution in [0, 0.1) is 11.8 Å². The summed E-state index contributed by atoms with van der Waals surface area (Å²) in [6.45, 7) is 3.26. The normalized spacial score (nSPS) is 10.7. The molecule has 0 amide bonds. The molecule has 1 N–H and O–H groups in total. The Kier molecular flexibility index (Phi) is 3.55. The largest absolute Gasteiger partial charge is 0.453 e. The van der Waals surface area contributed by atoms with Crippen LogP contribution in [0.3, 0.4) is 0 Å². The maximum atomic E-state index is 10.6. The molecule has 0 bridgehead atoms. The molecule has 2 rings (SSSR count). The number of benzene rings is 1. The highest BCUT2D eigenvalue weighted by molar-refractivity contribution is 5.73. The molecule has 1 aromatic heterocycles. The lowest BCUT2D eigenvalue weighted by Gasteiger charge is -2.06. The molecular weight excluding hydrogens is 240 g/mol.